The minimum atomic E-state index is -3.48. The maximum Gasteiger partial charge on any atom is 0.226 e. The van der Waals surface area contributed by atoms with Crippen LogP contribution in [0.4, 0.5) is 0 Å². The summed E-state index contributed by atoms with van der Waals surface area (Å²) in [6.45, 7) is 3.53. The molecule has 0 aromatic carbocycles. The summed E-state index contributed by atoms with van der Waals surface area (Å²) < 4.78 is 34.2. The Labute approximate surface area is 142 Å². The Hall–Kier alpha value is -1.45. The molecule has 1 saturated carbocycles. The number of carbonyl (C=O) groups excluding carboxylic acids is 1. The number of aryl methyl sites for hydroxylation is 1. The van der Waals surface area contributed by atoms with Crippen molar-refractivity contribution in [3.8, 4) is 0 Å². The normalized spacial score (nSPS) is 27.2. The molecular weight excluding hydrogens is 332 g/mol. The third-order valence-corrected chi connectivity index (χ3v) is 5.93. The van der Waals surface area contributed by atoms with Gasteiger partial charge in [-0.25, -0.2) is 13.1 Å². The van der Waals surface area contributed by atoms with E-state index in [-0.39, 0.29) is 24.1 Å². The second-order valence-corrected chi connectivity index (χ2v) is 8.57. The van der Waals surface area contributed by atoms with Crippen LogP contribution >= 0.6 is 0 Å². The average molecular weight is 356 g/mol. The van der Waals surface area contributed by atoms with Gasteiger partial charge in [0.05, 0.1) is 24.7 Å². The fourth-order valence-corrected chi connectivity index (χ4v) is 4.18. The maximum absolute atomic E-state index is 12.3. The van der Waals surface area contributed by atoms with Crippen molar-refractivity contribution in [1.82, 2.24) is 19.4 Å². The van der Waals surface area contributed by atoms with Crippen LogP contribution in [0.25, 0.3) is 0 Å². The molecule has 134 valence electrons. The molecule has 2 aliphatic rings. The summed E-state index contributed by atoms with van der Waals surface area (Å²) in [6, 6.07) is 0. The lowest BCUT2D eigenvalue weighted by Gasteiger charge is -2.33. The second-order valence-electron chi connectivity index (χ2n) is 6.72. The molecule has 0 spiro atoms. The zero-order valence-electron chi connectivity index (χ0n) is 14.0. The number of morpholine rings is 1. The van der Waals surface area contributed by atoms with Gasteiger partial charge < -0.3 is 9.64 Å². The Morgan fingerprint density at radius 3 is 2.88 bits per heavy atom. The summed E-state index contributed by atoms with van der Waals surface area (Å²) in [5.41, 5.74) is 0.796. The fraction of sp³-hybridized carbons (Fsp3) is 0.733. The smallest absolute Gasteiger partial charge is 0.226 e. The third kappa shape index (κ3) is 4.34. The van der Waals surface area contributed by atoms with Gasteiger partial charge in [0.2, 0.25) is 15.9 Å². The number of carbonyl (C=O) groups is 1. The predicted octanol–water partition coefficient (Wildman–Crippen LogP) is -0.277. The number of sulfonamides is 1. The topological polar surface area (TPSA) is 93.5 Å². The lowest BCUT2D eigenvalue weighted by molar-refractivity contribution is -0.139. The van der Waals surface area contributed by atoms with E-state index in [4.69, 9.17) is 4.74 Å². The van der Waals surface area contributed by atoms with E-state index >= 15 is 0 Å². The molecule has 3 atom stereocenters. The molecule has 1 aromatic heterocycles. The van der Waals surface area contributed by atoms with E-state index in [1.54, 1.807) is 29.0 Å². The summed E-state index contributed by atoms with van der Waals surface area (Å²) in [5, 5.41) is 4.00. The van der Waals surface area contributed by atoms with E-state index < -0.39 is 16.1 Å². The van der Waals surface area contributed by atoms with Gasteiger partial charge in [0.15, 0.2) is 0 Å². The van der Waals surface area contributed by atoms with E-state index in [1.165, 1.54) is 0 Å². The van der Waals surface area contributed by atoms with E-state index in [0.29, 0.717) is 25.6 Å². The largest absolute Gasteiger partial charge is 0.373 e. The molecule has 2 heterocycles. The highest BCUT2D eigenvalue weighted by molar-refractivity contribution is 7.89. The third-order valence-electron chi connectivity index (χ3n) is 4.54. The summed E-state index contributed by atoms with van der Waals surface area (Å²) in [7, 11) is -1.71. The van der Waals surface area contributed by atoms with Gasteiger partial charge >= 0.3 is 0 Å². The molecule has 1 N–H and O–H groups in total. The first-order chi connectivity index (χ1) is 11.3. The van der Waals surface area contributed by atoms with Crippen molar-refractivity contribution >= 4 is 15.9 Å². The molecule has 24 heavy (non-hydrogen) atoms. The van der Waals surface area contributed by atoms with Crippen molar-refractivity contribution in [2.75, 3.05) is 25.4 Å². The molecule has 1 aliphatic heterocycles. The van der Waals surface area contributed by atoms with Crippen LogP contribution < -0.4 is 4.72 Å². The molecule has 1 saturated heterocycles. The van der Waals surface area contributed by atoms with Gasteiger partial charge in [-0.2, -0.15) is 5.10 Å². The first kappa shape index (κ1) is 17.4. The van der Waals surface area contributed by atoms with Gasteiger partial charge in [0.25, 0.3) is 0 Å². The number of nitrogens with zero attached hydrogens (tertiary/aromatic N) is 3. The molecule has 1 amide bonds. The Morgan fingerprint density at radius 2 is 2.25 bits per heavy atom. The van der Waals surface area contributed by atoms with Crippen LogP contribution in [0.15, 0.2) is 12.4 Å². The Balaban J connectivity index is 1.51. The first-order valence-electron chi connectivity index (χ1n) is 8.19. The predicted molar refractivity (Wildman–Crippen MR) is 87.4 cm³/mol. The van der Waals surface area contributed by atoms with Gasteiger partial charge in [0, 0.05) is 44.4 Å². The standard InChI is InChI=1S/C15H24N4O4S/c1-11-5-14(11)15(20)19-3-4-23-13(9-19)10-24(21,22)17-7-12-6-16-18(2)8-12/h6,8,11,13-14,17H,3-5,7,9-10H2,1-2H3. The van der Waals surface area contributed by atoms with Crippen LogP contribution in [-0.2, 0) is 33.1 Å². The fourth-order valence-electron chi connectivity index (χ4n) is 2.98. The minimum absolute atomic E-state index is 0.115. The van der Waals surface area contributed by atoms with Crippen LogP contribution in [0, 0.1) is 11.8 Å². The van der Waals surface area contributed by atoms with E-state index in [1.807, 2.05) is 0 Å². The highest BCUT2D eigenvalue weighted by atomic mass is 32.2. The first-order valence-corrected chi connectivity index (χ1v) is 9.84. The minimum Gasteiger partial charge on any atom is -0.373 e. The Bertz CT molecular complexity index is 702. The monoisotopic (exact) mass is 356 g/mol. The molecule has 1 aromatic rings. The summed E-state index contributed by atoms with van der Waals surface area (Å²) in [5.74, 6) is 0.557. The Morgan fingerprint density at radius 1 is 1.50 bits per heavy atom. The van der Waals surface area contributed by atoms with Crippen LogP contribution in [0.3, 0.4) is 0 Å². The molecule has 3 unspecified atom stereocenters. The Kier molecular flexibility index (Phi) is 4.93. The molecule has 9 heteroatoms. The summed E-state index contributed by atoms with van der Waals surface area (Å²) >= 11 is 0. The molecule has 0 radical (unpaired) electrons. The molecule has 3 rings (SSSR count). The summed E-state index contributed by atoms with van der Waals surface area (Å²) in [6.07, 6.45) is 3.84. The summed E-state index contributed by atoms with van der Waals surface area (Å²) in [4.78, 5) is 14.0. The SMILES string of the molecule is CC1CC1C(=O)N1CCOC(CS(=O)(=O)NCc2cnn(C)c2)C1. The zero-order chi connectivity index (χ0) is 17.3. The van der Waals surface area contributed by atoms with Gasteiger partial charge in [0.1, 0.15) is 0 Å². The van der Waals surface area contributed by atoms with Crippen molar-refractivity contribution < 1.29 is 17.9 Å². The second kappa shape index (κ2) is 6.81. The number of hydrogen-bond donors (Lipinski definition) is 1. The molecule has 2 fully saturated rings. The lowest BCUT2D eigenvalue weighted by Crippen LogP contribution is -2.49. The quantitative estimate of drug-likeness (QED) is 0.757. The molecule has 8 nitrogen and oxygen atoms in total. The average Bonchev–Trinajstić information content (AvgIpc) is 3.10. The number of amides is 1. The van der Waals surface area contributed by atoms with E-state index in [2.05, 4.69) is 16.7 Å². The van der Waals surface area contributed by atoms with Gasteiger partial charge in [-0.15, -0.1) is 0 Å². The van der Waals surface area contributed by atoms with Crippen LogP contribution in [-0.4, -0.2) is 60.6 Å². The van der Waals surface area contributed by atoms with Crippen LogP contribution in [0.2, 0.25) is 0 Å². The number of rotatable bonds is 6. The van der Waals surface area contributed by atoms with Crippen LogP contribution in [0.5, 0.6) is 0 Å². The number of nitrogens with one attached hydrogen (secondary N) is 1. The van der Waals surface area contributed by atoms with Crippen molar-refractivity contribution in [3.05, 3.63) is 18.0 Å². The molecular formula is C15H24N4O4S. The van der Waals surface area contributed by atoms with E-state index in [0.717, 1.165) is 12.0 Å². The van der Waals surface area contributed by atoms with Gasteiger partial charge in [-0.05, 0) is 12.3 Å². The zero-order valence-corrected chi connectivity index (χ0v) is 14.8. The van der Waals surface area contributed by atoms with Crippen molar-refractivity contribution in [2.24, 2.45) is 18.9 Å². The van der Waals surface area contributed by atoms with Gasteiger partial charge in [-0.1, -0.05) is 6.92 Å². The van der Waals surface area contributed by atoms with Crippen molar-refractivity contribution in [2.45, 2.75) is 26.0 Å². The number of hydrogen-bond acceptors (Lipinski definition) is 5. The highest BCUT2D eigenvalue weighted by Crippen LogP contribution is 2.39. The molecule has 0 bridgehead atoms. The highest BCUT2D eigenvalue weighted by Gasteiger charge is 2.42. The van der Waals surface area contributed by atoms with Crippen molar-refractivity contribution in [3.63, 3.8) is 0 Å². The van der Waals surface area contributed by atoms with Gasteiger partial charge in [-0.3, -0.25) is 9.48 Å². The molecule has 1 aliphatic carbocycles. The lowest BCUT2D eigenvalue weighted by atomic mass is 10.2. The number of aromatic nitrogens is 2. The van der Waals surface area contributed by atoms with Crippen molar-refractivity contribution in [1.29, 1.82) is 0 Å². The maximum atomic E-state index is 12.3. The van der Waals surface area contributed by atoms with Crippen LogP contribution in [0.1, 0.15) is 18.9 Å². The van der Waals surface area contributed by atoms with E-state index in [9.17, 15) is 13.2 Å². The number of ether oxygens (including phenoxy) is 1.